The summed E-state index contributed by atoms with van der Waals surface area (Å²) in [5.74, 6) is -1.20. The van der Waals surface area contributed by atoms with Gasteiger partial charge in [-0.05, 0) is 0 Å². The Morgan fingerprint density at radius 3 is 2.78 bits per heavy atom. The number of aliphatic hydroxyl groups is 1. The first kappa shape index (κ1) is 8.39. The van der Waals surface area contributed by atoms with Crippen LogP contribution in [0.1, 0.15) is 6.42 Å². The SMILES string of the molecule is C[NH2+]CC(O)CC(=O)[O-]. The lowest BCUT2D eigenvalue weighted by molar-refractivity contribution is -0.633. The molecule has 0 aliphatic heterocycles. The first-order valence-electron chi connectivity index (χ1n) is 2.82. The maximum Gasteiger partial charge on any atom is 0.108 e. The van der Waals surface area contributed by atoms with Crippen molar-refractivity contribution in [2.24, 2.45) is 0 Å². The minimum atomic E-state index is -1.20. The molecule has 4 nitrogen and oxygen atoms in total. The van der Waals surface area contributed by atoms with Gasteiger partial charge in [-0.15, -0.1) is 0 Å². The van der Waals surface area contributed by atoms with Crippen LogP contribution in [0.4, 0.5) is 0 Å². The van der Waals surface area contributed by atoms with Gasteiger partial charge in [0.25, 0.3) is 0 Å². The predicted molar refractivity (Wildman–Crippen MR) is 28.3 cm³/mol. The molecular formula is C5H11NO3. The van der Waals surface area contributed by atoms with Crippen LogP contribution in [0.15, 0.2) is 0 Å². The number of carbonyl (C=O) groups excluding carboxylic acids is 1. The Hall–Kier alpha value is -0.610. The molecule has 4 heteroatoms. The molecule has 0 aliphatic carbocycles. The third-order valence-electron chi connectivity index (χ3n) is 0.910. The lowest BCUT2D eigenvalue weighted by Crippen LogP contribution is -2.82. The predicted octanol–water partition coefficient (Wildman–Crippen LogP) is -3.32. The smallest absolute Gasteiger partial charge is 0.108 e. The van der Waals surface area contributed by atoms with Crippen LogP contribution in [0.2, 0.25) is 0 Å². The highest BCUT2D eigenvalue weighted by Gasteiger charge is 2.03. The number of carboxylic acid groups (broad SMARTS) is 1. The fourth-order valence-corrected chi connectivity index (χ4v) is 0.548. The second-order valence-electron chi connectivity index (χ2n) is 1.87. The van der Waals surface area contributed by atoms with E-state index in [4.69, 9.17) is 5.11 Å². The average Bonchev–Trinajstić information content (AvgIpc) is 1.63. The number of carbonyl (C=O) groups is 1. The molecule has 0 aromatic rings. The average molecular weight is 133 g/mol. The fraction of sp³-hybridized carbons (Fsp3) is 0.800. The third kappa shape index (κ3) is 5.26. The molecule has 54 valence electrons. The minimum Gasteiger partial charge on any atom is -0.550 e. The number of nitrogens with two attached hydrogens (primary N) is 1. The van der Waals surface area contributed by atoms with Crippen molar-refractivity contribution >= 4 is 5.97 Å². The van der Waals surface area contributed by atoms with E-state index >= 15 is 0 Å². The molecule has 0 saturated carbocycles. The monoisotopic (exact) mass is 133 g/mol. The molecule has 0 amide bonds. The number of rotatable bonds is 4. The summed E-state index contributed by atoms with van der Waals surface area (Å²) in [5, 5.41) is 20.3. The maximum absolute atomic E-state index is 9.80. The van der Waals surface area contributed by atoms with E-state index in [-0.39, 0.29) is 6.42 Å². The van der Waals surface area contributed by atoms with Crippen molar-refractivity contribution < 1.29 is 20.3 Å². The Morgan fingerprint density at radius 1 is 1.89 bits per heavy atom. The summed E-state index contributed by atoms with van der Waals surface area (Å²) in [4.78, 5) is 9.80. The lowest BCUT2D eigenvalue weighted by Gasteiger charge is -2.06. The van der Waals surface area contributed by atoms with E-state index in [2.05, 4.69) is 0 Å². The zero-order chi connectivity index (χ0) is 7.28. The molecule has 0 rings (SSSR count). The van der Waals surface area contributed by atoms with Gasteiger partial charge in [0.05, 0.1) is 7.05 Å². The first-order chi connectivity index (χ1) is 4.16. The Bertz CT molecular complexity index is 94.2. The molecule has 0 heterocycles. The second kappa shape index (κ2) is 4.29. The van der Waals surface area contributed by atoms with Gasteiger partial charge < -0.3 is 20.3 Å². The Labute approximate surface area is 53.5 Å². The largest absolute Gasteiger partial charge is 0.550 e. The standard InChI is InChI=1S/C5H11NO3/c1-6-3-4(7)2-5(8)9/h4,6-7H,2-3H2,1H3,(H,8,9). The summed E-state index contributed by atoms with van der Waals surface area (Å²) < 4.78 is 0. The highest BCUT2D eigenvalue weighted by molar-refractivity contribution is 5.64. The highest BCUT2D eigenvalue weighted by Crippen LogP contribution is 1.83. The number of likely N-dealkylation sites (N-methyl/N-ethyl adjacent to an activating group) is 1. The molecule has 0 spiro atoms. The molecule has 0 saturated heterocycles. The van der Waals surface area contributed by atoms with Crippen LogP contribution in [-0.2, 0) is 4.79 Å². The van der Waals surface area contributed by atoms with Crippen LogP contribution in [0, 0.1) is 0 Å². The number of aliphatic carboxylic acids is 1. The van der Waals surface area contributed by atoms with Gasteiger partial charge in [-0.25, -0.2) is 0 Å². The molecule has 0 radical (unpaired) electrons. The van der Waals surface area contributed by atoms with Gasteiger partial charge in [-0.2, -0.15) is 0 Å². The molecule has 0 aliphatic rings. The molecule has 1 atom stereocenters. The van der Waals surface area contributed by atoms with E-state index in [1.807, 2.05) is 0 Å². The van der Waals surface area contributed by atoms with E-state index in [9.17, 15) is 9.90 Å². The third-order valence-corrected chi connectivity index (χ3v) is 0.910. The van der Waals surface area contributed by atoms with E-state index in [0.29, 0.717) is 6.54 Å². The maximum atomic E-state index is 9.80. The van der Waals surface area contributed by atoms with Gasteiger partial charge in [-0.1, -0.05) is 0 Å². The summed E-state index contributed by atoms with van der Waals surface area (Å²) in [6, 6.07) is 0. The molecule has 0 fully saturated rings. The van der Waals surface area contributed by atoms with E-state index in [1.54, 1.807) is 12.4 Å². The number of carboxylic acids is 1. The summed E-state index contributed by atoms with van der Waals surface area (Å²) in [7, 11) is 1.76. The van der Waals surface area contributed by atoms with Gasteiger partial charge in [0.15, 0.2) is 0 Å². The van der Waals surface area contributed by atoms with Gasteiger partial charge in [0, 0.05) is 12.4 Å². The summed E-state index contributed by atoms with van der Waals surface area (Å²) >= 11 is 0. The van der Waals surface area contributed by atoms with Crippen molar-refractivity contribution in [2.75, 3.05) is 13.6 Å². The Balaban J connectivity index is 3.26. The number of quaternary nitrogens is 1. The lowest BCUT2D eigenvalue weighted by atomic mass is 10.2. The van der Waals surface area contributed by atoms with Crippen LogP contribution >= 0.6 is 0 Å². The van der Waals surface area contributed by atoms with Crippen LogP contribution in [-0.4, -0.2) is 30.8 Å². The van der Waals surface area contributed by atoms with Crippen molar-refractivity contribution in [1.82, 2.24) is 0 Å². The van der Waals surface area contributed by atoms with Gasteiger partial charge in [-0.3, -0.25) is 0 Å². The number of aliphatic hydroxyl groups excluding tert-OH is 1. The molecule has 0 aromatic heterocycles. The zero-order valence-electron chi connectivity index (χ0n) is 5.33. The Kier molecular flexibility index (Phi) is 4.00. The molecule has 0 aromatic carbocycles. The van der Waals surface area contributed by atoms with Crippen LogP contribution in [0.5, 0.6) is 0 Å². The van der Waals surface area contributed by atoms with Crippen LogP contribution in [0.25, 0.3) is 0 Å². The van der Waals surface area contributed by atoms with Crippen molar-refractivity contribution in [1.29, 1.82) is 0 Å². The van der Waals surface area contributed by atoms with Crippen molar-refractivity contribution in [2.45, 2.75) is 12.5 Å². The van der Waals surface area contributed by atoms with Crippen molar-refractivity contribution in [3.05, 3.63) is 0 Å². The summed E-state index contributed by atoms with van der Waals surface area (Å²) in [5.41, 5.74) is 0. The molecule has 1 unspecified atom stereocenters. The van der Waals surface area contributed by atoms with E-state index in [0.717, 1.165) is 0 Å². The van der Waals surface area contributed by atoms with Crippen LogP contribution in [0.3, 0.4) is 0 Å². The number of hydrogen-bond donors (Lipinski definition) is 2. The van der Waals surface area contributed by atoms with Gasteiger partial charge in [0.1, 0.15) is 12.6 Å². The first-order valence-corrected chi connectivity index (χ1v) is 2.82. The van der Waals surface area contributed by atoms with Gasteiger partial charge >= 0.3 is 0 Å². The zero-order valence-corrected chi connectivity index (χ0v) is 5.33. The van der Waals surface area contributed by atoms with Crippen LogP contribution < -0.4 is 10.4 Å². The normalized spacial score (nSPS) is 13.1. The van der Waals surface area contributed by atoms with E-state index < -0.39 is 12.1 Å². The fourth-order valence-electron chi connectivity index (χ4n) is 0.548. The highest BCUT2D eigenvalue weighted by atomic mass is 16.4. The Morgan fingerprint density at radius 2 is 2.44 bits per heavy atom. The van der Waals surface area contributed by atoms with Crippen molar-refractivity contribution in [3.63, 3.8) is 0 Å². The quantitative estimate of drug-likeness (QED) is 0.421. The molecule has 9 heavy (non-hydrogen) atoms. The molecular weight excluding hydrogens is 122 g/mol. The topological polar surface area (TPSA) is 77.0 Å². The molecule has 0 bridgehead atoms. The summed E-state index contributed by atoms with van der Waals surface area (Å²) in [6.45, 7) is 0.411. The minimum absolute atomic E-state index is 0.273. The number of hydrogen-bond acceptors (Lipinski definition) is 3. The molecule has 3 N–H and O–H groups in total. The van der Waals surface area contributed by atoms with E-state index in [1.165, 1.54) is 0 Å². The van der Waals surface area contributed by atoms with Gasteiger partial charge in [0.2, 0.25) is 0 Å². The second-order valence-corrected chi connectivity index (χ2v) is 1.87. The van der Waals surface area contributed by atoms with Crippen molar-refractivity contribution in [3.8, 4) is 0 Å². The summed E-state index contributed by atoms with van der Waals surface area (Å²) in [6.07, 6.45) is -1.05.